The van der Waals surface area contributed by atoms with E-state index in [2.05, 4.69) is 17.2 Å². The molecule has 74 valence electrons. The second-order valence-corrected chi connectivity index (χ2v) is 2.60. The predicted molar refractivity (Wildman–Crippen MR) is 52.2 cm³/mol. The van der Waals surface area contributed by atoms with E-state index in [-0.39, 0.29) is 12.0 Å². The van der Waals surface area contributed by atoms with Crippen LogP contribution in [0.25, 0.3) is 0 Å². The summed E-state index contributed by atoms with van der Waals surface area (Å²) in [6, 6.07) is -0.237. The van der Waals surface area contributed by atoms with Crippen molar-refractivity contribution in [2.45, 2.75) is 33.2 Å². The number of esters is 1. The van der Waals surface area contributed by atoms with Gasteiger partial charge in [-0.15, -0.1) is 11.8 Å². The van der Waals surface area contributed by atoms with Gasteiger partial charge >= 0.3 is 5.97 Å². The van der Waals surface area contributed by atoms with Crippen molar-refractivity contribution in [3.63, 3.8) is 0 Å². The standard InChI is InChI=1S/C10H17NO2/c1-4-6-7-8-11-9(3)10(12)13-5-2/h9,11H,5,7-8H2,1-3H3. The number of hydrogen-bond acceptors (Lipinski definition) is 3. The van der Waals surface area contributed by atoms with Gasteiger partial charge in [0.15, 0.2) is 0 Å². The maximum Gasteiger partial charge on any atom is 0.322 e. The fourth-order valence-corrected chi connectivity index (χ4v) is 0.827. The number of carbonyl (C=O) groups is 1. The molecule has 1 unspecified atom stereocenters. The van der Waals surface area contributed by atoms with Crippen molar-refractivity contribution >= 4 is 5.97 Å². The summed E-state index contributed by atoms with van der Waals surface area (Å²) in [5.74, 6) is 5.50. The fraction of sp³-hybridized carbons (Fsp3) is 0.700. The highest BCUT2D eigenvalue weighted by Gasteiger charge is 2.11. The highest BCUT2D eigenvalue weighted by atomic mass is 16.5. The first-order chi connectivity index (χ1) is 6.22. The fourth-order valence-electron chi connectivity index (χ4n) is 0.827. The van der Waals surface area contributed by atoms with Gasteiger partial charge in [0.25, 0.3) is 0 Å². The Morgan fingerprint density at radius 3 is 2.85 bits per heavy atom. The maximum atomic E-state index is 11.1. The van der Waals surface area contributed by atoms with Crippen LogP contribution >= 0.6 is 0 Å². The Morgan fingerprint density at radius 1 is 1.62 bits per heavy atom. The molecule has 0 saturated carbocycles. The highest BCUT2D eigenvalue weighted by molar-refractivity contribution is 5.75. The van der Waals surface area contributed by atoms with Crippen molar-refractivity contribution in [1.29, 1.82) is 0 Å². The first-order valence-electron chi connectivity index (χ1n) is 4.52. The van der Waals surface area contributed by atoms with Crippen LogP contribution in [0.15, 0.2) is 0 Å². The molecule has 0 saturated heterocycles. The normalized spacial score (nSPS) is 11.3. The number of hydrogen-bond donors (Lipinski definition) is 1. The number of carbonyl (C=O) groups excluding carboxylic acids is 1. The van der Waals surface area contributed by atoms with Crippen molar-refractivity contribution in [1.82, 2.24) is 5.32 Å². The molecule has 0 rings (SSSR count). The molecule has 0 aromatic carbocycles. The molecule has 0 bridgehead atoms. The molecule has 13 heavy (non-hydrogen) atoms. The summed E-state index contributed by atoms with van der Waals surface area (Å²) in [5, 5.41) is 3.02. The van der Waals surface area contributed by atoms with Crippen LogP contribution in [0.5, 0.6) is 0 Å². The molecule has 0 heterocycles. The minimum atomic E-state index is -0.237. The van der Waals surface area contributed by atoms with Crippen molar-refractivity contribution in [3.8, 4) is 11.8 Å². The van der Waals surface area contributed by atoms with Gasteiger partial charge in [-0.2, -0.15) is 0 Å². The SMILES string of the molecule is CC#CCCNC(C)C(=O)OCC. The van der Waals surface area contributed by atoms with Crippen molar-refractivity contribution in [3.05, 3.63) is 0 Å². The largest absolute Gasteiger partial charge is 0.465 e. The van der Waals surface area contributed by atoms with E-state index in [1.54, 1.807) is 20.8 Å². The minimum absolute atomic E-state index is 0.202. The molecule has 0 spiro atoms. The lowest BCUT2D eigenvalue weighted by atomic mass is 10.3. The Balaban J connectivity index is 3.53. The lowest BCUT2D eigenvalue weighted by Gasteiger charge is -2.10. The van der Waals surface area contributed by atoms with Crippen molar-refractivity contribution in [2.75, 3.05) is 13.2 Å². The Labute approximate surface area is 79.8 Å². The van der Waals surface area contributed by atoms with Crippen LogP contribution < -0.4 is 5.32 Å². The maximum absolute atomic E-state index is 11.1. The van der Waals surface area contributed by atoms with Crippen molar-refractivity contribution in [2.24, 2.45) is 0 Å². The molecule has 0 amide bonds. The van der Waals surface area contributed by atoms with Crippen LogP contribution in [0.3, 0.4) is 0 Å². The second kappa shape index (κ2) is 7.63. The zero-order valence-corrected chi connectivity index (χ0v) is 8.52. The summed E-state index contributed by atoms with van der Waals surface area (Å²) in [4.78, 5) is 11.1. The molecule has 0 aromatic rings. The van der Waals surface area contributed by atoms with Gasteiger partial charge < -0.3 is 10.1 Å². The number of rotatable bonds is 5. The van der Waals surface area contributed by atoms with Gasteiger partial charge in [-0.3, -0.25) is 4.79 Å². The summed E-state index contributed by atoms with van der Waals surface area (Å²) in [5.41, 5.74) is 0. The number of ether oxygens (including phenoxy) is 1. The Hall–Kier alpha value is -1.01. The topological polar surface area (TPSA) is 38.3 Å². The Morgan fingerprint density at radius 2 is 2.31 bits per heavy atom. The van der Waals surface area contributed by atoms with E-state index in [1.165, 1.54) is 0 Å². The smallest absolute Gasteiger partial charge is 0.322 e. The molecule has 0 fully saturated rings. The summed E-state index contributed by atoms with van der Waals surface area (Å²) >= 11 is 0. The lowest BCUT2D eigenvalue weighted by molar-refractivity contribution is -0.145. The van der Waals surface area contributed by atoms with E-state index in [0.717, 1.165) is 13.0 Å². The third kappa shape index (κ3) is 6.18. The van der Waals surface area contributed by atoms with Gasteiger partial charge in [0.05, 0.1) is 6.61 Å². The first-order valence-corrected chi connectivity index (χ1v) is 4.52. The Bertz CT molecular complexity index is 203. The third-order valence-corrected chi connectivity index (χ3v) is 1.52. The first kappa shape index (κ1) is 12.0. The molecule has 1 N–H and O–H groups in total. The average Bonchev–Trinajstić information content (AvgIpc) is 2.12. The van der Waals surface area contributed by atoms with E-state index in [0.29, 0.717) is 6.61 Å². The average molecular weight is 183 g/mol. The van der Waals surface area contributed by atoms with Gasteiger partial charge in [0, 0.05) is 13.0 Å². The molecule has 0 radical (unpaired) electrons. The predicted octanol–water partition coefficient (Wildman–Crippen LogP) is 0.941. The van der Waals surface area contributed by atoms with Crippen LogP contribution in [-0.4, -0.2) is 25.2 Å². The molecular formula is C10H17NO2. The van der Waals surface area contributed by atoms with Gasteiger partial charge in [0.1, 0.15) is 6.04 Å². The summed E-state index contributed by atoms with van der Waals surface area (Å²) in [6.07, 6.45) is 0.764. The zero-order valence-electron chi connectivity index (χ0n) is 8.52. The van der Waals surface area contributed by atoms with E-state index < -0.39 is 0 Å². The third-order valence-electron chi connectivity index (χ3n) is 1.52. The van der Waals surface area contributed by atoms with Crippen LogP contribution in [0.2, 0.25) is 0 Å². The van der Waals surface area contributed by atoms with Crippen LogP contribution in [0, 0.1) is 11.8 Å². The van der Waals surface area contributed by atoms with Gasteiger partial charge in [0.2, 0.25) is 0 Å². The Kier molecular flexibility index (Phi) is 7.04. The number of nitrogens with one attached hydrogen (secondary N) is 1. The van der Waals surface area contributed by atoms with Crippen LogP contribution in [-0.2, 0) is 9.53 Å². The zero-order chi connectivity index (χ0) is 10.1. The molecule has 0 aliphatic rings. The lowest BCUT2D eigenvalue weighted by Crippen LogP contribution is -2.35. The molecular weight excluding hydrogens is 166 g/mol. The minimum Gasteiger partial charge on any atom is -0.465 e. The quantitative estimate of drug-likeness (QED) is 0.391. The highest BCUT2D eigenvalue weighted by Crippen LogP contribution is 1.87. The van der Waals surface area contributed by atoms with E-state index in [9.17, 15) is 4.79 Å². The molecule has 1 atom stereocenters. The summed E-state index contributed by atoms with van der Waals surface area (Å²) in [7, 11) is 0. The molecule has 0 aliphatic carbocycles. The second-order valence-electron chi connectivity index (χ2n) is 2.60. The van der Waals surface area contributed by atoms with Gasteiger partial charge in [-0.25, -0.2) is 0 Å². The van der Waals surface area contributed by atoms with E-state index >= 15 is 0 Å². The van der Waals surface area contributed by atoms with E-state index in [1.807, 2.05) is 0 Å². The van der Waals surface area contributed by atoms with Crippen LogP contribution in [0.4, 0.5) is 0 Å². The summed E-state index contributed by atoms with van der Waals surface area (Å²) < 4.78 is 4.82. The molecule has 0 aromatic heterocycles. The van der Waals surface area contributed by atoms with Gasteiger partial charge in [-0.05, 0) is 20.8 Å². The van der Waals surface area contributed by atoms with Gasteiger partial charge in [-0.1, -0.05) is 0 Å². The van der Waals surface area contributed by atoms with Crippen molar-refractivity contribution < 1.29 is 9.53 Å². The monoisotopic (exact) mass is 183 g/mol. The summed E-state index contributed by atoms with van der Waals surface area (Å²) in [6.45, 7) is 6.54. The van der Waals surface area contributed by atoms with Crippen LogP contribution in [0.1, 0.15) is 27.2 Å². The molecule has 3 heteroatoms. The molecule has 3 nitrogen and oxygen atoms in total. The molecule has 0 aliphatic heterocycles. The van der Waals surface area contributed by atoms with E-state index in [4.69, 9.17) is 4.74 Å².